The second kappa shape index (κ2) is 7.18. The predicted molar refractivity (Wildman–Crippen MR) is 86.2 cm³/mol. The monoisotopic (exact) mass is 358 g/mol. The van der Waals surface area contributed by atoms with Gasteiger partial charge in [0.1, 0.15) is 5.82 Å². The molecule has 0 heterocycles. The second-order valence-electron chi connectivity index (χ2n) is 5.92. The van der Waals surface area contributed by atoms with Gasteiger partial charge in [0.15, 0.2) is 0 Å². The maximum absolute atomic E-state index is 14.5. The highest BCUT2D eigenvalue weighted by molar-refractivity contribution is 9.10. The van der Waals surface area contributed by atoms with E-state index in [4.69, 9.17) is 10.6 Å². The number of hydrogen-bond acceptors (Lipinski definition) is 3. The lowest BCUT2D eigenvalue weighted by Crippen LogP contribution is -2.50. The zero-order valence-corrected chi connectivity index (χ0v) is 14.2. The Hall–Kier alpha value is -0.490. The normalized spacial score (nSPS) is 27.6. The number of hydrazine groups is 1. The van der Waals surface area contributed by atoms with E-state index in [9.17, 15) is 4.39 Å². The van der Waals surface area contributed by atoms with Crippen molar-refractivity contribution in [3.63, 3.8) is 0 Å². The molecule has 1 aromatic rings. The molecule has 21 heavy (non-hydrogen) atoms. The summed E-state index contributed by atoms with van der Waals surface area (Å²) in [5.41, 5.74) is 2.94. The lowest BCUT2D eigenvalue weighted by atomic mass is 9.73. The smallest absolute Gasteiger partial charge is 0.142 e. The van der Waals surface area contributed by atoms with Gasteiger partial charge in [-0.25, -0.2) is 9.82 Å². The van der Waals surface area contributed by atoms with Gasteiger partial charge in [-0.2, -0.15) is 0 Å². The average Bonchev–Trinajstić information content (AvgIpc) is 2.47. The van der Waals surface area contributed by atoms with Gasteiger partial charge in [-0.3, -0.25) is 5.84 Å². The highest BCUT2D eigenvalue weighted by Crippen LogP contribution is 2.44. The molecular formula is C16H24BrFN2O. The van der Waals surface area contributed by atoms with Crippen LogP contribution in [0.25, 0.3) is 0 Å². The summed E-state index contributed by atoms with van der Waals surface area (Å²) in [5.74, 6) is 6.21. The minimum Gasteiger partial charge on any atom is -0.373 e. The molecule has 1 aliphatic rings. The van der Waals surface area contributed by atoms with Crippen LogP contribution in [0.15, 0.2) is 22.7 Å². The highest BCUT2D eigenvalue weighted by atomic mass is 79.9. The van der Waals surface area contributed by atoms with Gasteiger partial charge < -0.3 is 4.74 Å². The van der Waals surface area contributed by atoms with Crippen LogP contribution in [0.1, 0.15) is 51.1 Å². The zero-order valence-electron chi connectivity index (χ0n) is 12.7. The van der Waals surface area contributed by atoms with Crippen molar-refractivity contribution in [2.24, 2.45) is 11.8 Å². The van der Waals surface area contributed by atoms with Gasteiger partial charge in [0, 0.05) is 12.2 Å². The molecule has 0 radical (unpaired) electrons. The van der Waals surface area contributed by atoms with E-state index in [1.165, 1.54) is 0 Å². The first-order valence-corrected chi connectivity index (χ1v) is 8.37. The summed E-state index contributed by atoms with van der Waals surface area (Å²) in [6.45, 7) is 4.83. The number of nitrogens with two attached hydrogens (primary N) is 1. The van der Waals surface area contributed by atoms with Crippen molar-refractivity contribution >= 4 is 15.9 Å². The van der Waals surface area contributed by atoms with Crippen molar-refractivity contribution in [3.05, 3.63) is 34.1 Å². The molecule has 0 amide bonds. The Balaban J connectivity index is 2.38. The van der Waals surface area contributed by atoms with Crippen LogP contribution in [0.4, 0.5) is 4.39 Å². The fraction of sp³-hybridized carbons (Fsp3) is 0.625. The molecule has 3 nitrogen and oxygen atoms in total. The Kier molecular flexibility index (Phi) is 5.77. The molecule has 0 saturated heterocycles. The lowest BCUT2D eigenvalue weighted by molar-refractivity contribution is -0.0983. The van der Waals surface area contributed by atoms with Gasteiger partial charge >= 0.3 is 0 Å². The molecule has 1 saturated carbocycles. The van der Waals surface area contributed by atoms with Crippen molar-refractivity contribution in [2.45, 2.75) is 51.2 Å². The van der Waals surface area contributed by atoms with Crippen molar-refractivity contribution < 1.29 is 9.13 Å². The Morgan fingerprint density at radius 3 is 2.71 bits per heavy atom. The molecule has 0 bridgehead atoms. The summed E-state index contributed by atoms with van der Waals surface area (Å²) in [6.07, 6.45) is 3.94. The van der Waals surface area contributed by atoms with Crippen LogP contribution in [0, 0.1) is 11.7 Å². The van der Waals surface area contributed by atoms with Crippen LogP contribution in [0.3, 0.4) is 0 Å². The third-order valence-corrected chi connectivity index (χ3v) is 5.15. The molecule has 3 N–H and O–H groups in total. The first-order valence-electron chi connectivity index (χ1n) is 7.58. The Bertz CT molecular complexity index is 475. The van der Waals surface area contributed by atoms with E-state index in [1.807, 2.05) is 13.0 Å². The van der Waals surface area contributed by atoms with Crippen LogP contribution < -0.4 is 11.3 Å². The van der Waals surface area contributed by atoms with Gasteiger partial charge in [-0.05, 0) is 60.5 Å². The second-order valence-corrected chi connectivity index (χ2v) is 6.78. The zero-order chi connectivity index (χ0) is 15.5. The topological polar surface area (TPSA) is 47.3 Å². The maximum Gasteiger partial charge on any atom is 0.142 e. The minimum atomic E-state index is -0.433. The van der Waals surface area contributed by atoms with Crippen LogP contribution in [-0.2, 0) is 4.74 Å². The van der Waals surface area contributed by atoms with E-state index in [0.29, 0.717) is 22.6 Å². The summed E-state index contributed by atoms with van der Waals surface area (Å²) in [4.78, 5) is 0. The van der Waals surface area contributed by atoms with Gasteiger partial charge in [0.05, 0.1) is 16.1 Å². The maximum atomic E-state index is 14.5. The van der Waals surface area contributed by atoms with E-state index in [2.05, 4.69) is 28.3 Å². The Morgan fingerprint density at radius 2 is 2.14 bits per heavy atom. The molecule has 118 valence electrons. The third kappa shape index (κ3) is 3.47. The molecule has 1 unspecified atom stereocenters. The van der Waals surface area contributed by atoms with E-state index < -0.39 is 5.60 Å². The van der Waals surface area contributed by atoms with Gasteiger partial charge in [0.25, 0.3) is 0 Å². The minimum absolute atomic E-state index is 0.266. The summed E-state index contributed by atoms with van der Waals surface area (Å²) < 4.78 is 21.0. The van der Waals surface area contributed by atoms with Gasteiger partial charge in [0.2, 0.25) is 0 Å². The van der Waals surface area contributed by atoms with Crippen LogP contribution >= 0.6 is 15.9 Å². The summed E-state index contributed by atoms with van der Waals surface area (Å²) in [5, 5.41) is 0. The number of nitrogens with one attached hydrogen (secondary N) is 1. The van der Waals surface area contributed by atoms with Gasteiger partial charge in [-0.1, -0.05) is 19.1 Å². The number of halogens is 2. The Labute approximate surface area is 134 Å². The van der Waals surface area contributed by atoms with E-state index in [1.54, 1.807) is 12.1 Å². The van der Waals surface area contributed by atoms with Crippen LogP contribution in [0.2, 0.25) is 0 Å². The van der Waals surface area contributed by atoms with E-state index in [0.717, 1.165) is 25.7 Å². The van der Waals surface area contributed by atoms with Crippen LogP contribution in [-0.4, -0.2) is 12.2 Å². The fourth-order valence-electron chi connectivity index (χ4n) is 3.32. The quantitative estimate of drug-likeness (QED) is 0.615. The van der Waals surface area contributed by atoms with Crippen molar-refractivity contribution in [1.29, 1.82) is 0 Å². The van der Waals surface area contributed by atoms with Crippen molar-refractivity contribution in [3.8, 4) is 0 Å². The predicted octanol–water partition coefficient (Wildman–Crippen LogP) is 4.08. The molecule has 1 fully saturated rings. The number of rotatable bonds is 5. The molecule has 1 aliphatic carbocycles. The number of benzene rings is 1. The first kappa shape index (κ1) is 16.9. The summed E-state index contributed by atoms with van der Waals surface area (Å²) in [6, 6.07) is 4.96. The highest BCUT2D eigenvalue weighted by Gasteiger charge is 2.43. The summed E-state index contributed by atoms with van der Waals surface area (Å²) in [7, 11) is 0. The summed E-state index contributed by atoms with van der Waals surface area (Å²) >= 11 is 3.25. The average molecular weight is 359 g/mol. The molecule has 0 aliphatic heterocycles. The lowest BCUT2D eigenvalue weighted by Gasteiger charge is -2.44. The SMILES string of the molecule is CCOC1(C(NN)c2cccc(Br)c2F)CCC(C)CC1. The van der Waals surface area contributed by atoms with E-state index >= 15 is 0 Å². The van der Waals surface area contributed by atoms with Crippen molar-refractivity contribution in [1.82, 2.24) is 5.43 Å². The fourth-order valence-corrected chi connectivity index (χ4v) is 3.70. The molecule has 5 heteroatoms. The molecule has 1 aromatic carbocycles. The standard InChI is InChI=1S/C16H24BrFN2O/c1-3-21-16(9-7-11(2)8-10-16)15(20-19)12-5-4-6-13(17)14(12)18/h4-6,11,15,20H,3,7-10,19H2,1-2H3. The van der Waals surface area contributed by atoms with E-state index in [-0.39, 0.29) is 11.9 Å². The molecule has 0 aromatic heterocycles. The number of ether oxygens (including phenoxy) is 1. The largest absolute Gasteiger partial charge is 0.373 e. The molecule has 2 rings (SSSR count). The first-order chi connectivity index (χ1) is 10.0. The molecule has 0 spiro atoms. The molecule has 1 atom stereocenters. The Morgan fingerprint density at radius 1 is 1.48 bits per heavy atom. The van der Waals surface area contributed by atoms with Crippen LogP contribution in [0.5, 0.6) is 0 Å². The van der Waals surface area contributed by atoms with Gasteiger partial charge in [-0.15, -0.1) is 0 Å². The van der Waals surface area contributed by atoms with Crippen molar-refractivity contribution in [2.75, 3.05) is 6.61 Å². The number of hydrogen-bond donors (Lipinski definition) is 2. The third-order valence-electron chi connectivity index (χ3n) is 4.54. The molecular weight excluding hydrogens is 335 g/mol.